The van der Waals surface area contributed by atoms with Crippen LogP contribution in [-0.4, -0.2) is 50.2 Å². The predicted octanol–water partition coefficient (Wildman–Crippen LogP) is 2.88. The Kier molecular flexibility index (Phi) is 4.67. The molecule has 1 fully saturated rings. The van der Waals surface area contributed by atoms with Gasteiger partial charge in [0, 0.05) is 24.8 Å². The summed E-state index contributed by atoms with van der Waals surface area (Å²) in [5, 5.41) is 10.6. The highest BCUT2D eigenvalue weighted by atomic mass is 79.9. The van der Waals surface area contributed by atoms with Crippen LogP contribution in [0, 0.1) is 0 Å². The van der Waals surface area contributed by atoms with E-state index in [2.05, 4.69) is 36.6 Å². The molecule has 2 amide bonds. The van der Waals surface area contributed by atoms with E-state index >= 15 is 0 Å². The molecule has 2 N–H and O–H groups in total. The summed E-state index contributed by atoms with van der Waals surface area (Å²) in [6.45, 7) is 7.48. The van der Waals surface area contributed by atoms with Crippen LogP contribution < -0.4 is 10.6 Å². The van der Waals surface area contributed by atoms with Crippen molar-refractivity contribution < 1.29 is 4.79 Å². The van der Waals surface area contributed by atoms with E-state index in [0.29, 0.717) is 6.54 Å². The number of hydrogen-bond donors (Lipinski definition) is 2. The second-order valence-electron chi connectivity index (χ2n) is 7.12. The van der Waals surface area contributed by atoms with Crippen LogP contribution in [-0.2, 0) is 0 Å². The van der Waals surface area contributed by atoms with Crippen molar-refractivity contribution in [3.63, 3.8) is 0 Å². The number of carbonyl (C=O) groups is 1. The Bertz CT molecular complexity index is 738. The molecule has 0 bridgehead atoms. The van der Waals surface area contributed by atoms with Gasteiger partial charge in [-0.15, -0.1) is 0 Å². The average Bonchev–Trinajstić information content (AvgIpc) is 3.11. The molecule has 0 spiro atoms. The first-order valence-corrected chi connectivity index (χ1v) is 8.95. The minimum absolute atomic E-state index is 0.00810. The Morgan fingerprint density at radius 2 is 2.25 bits per heavy atom. The number of likely N-dealkylation sites (tertiary alicyclic amines) is 1. The summed E-state index contributed by atoms with van der Waals surface area (Å²) in [6.07, 6.45) is 5.63. The highest BCUT2D eigenvalue weighted by Gasteiger charge is 2.30. The number of halogens is 1. The number of rotatable bonds is 3. The molecule has 130 valence electrons. The van der Waals surface area contributed by atoms with Crippen LogP contribution in [0.4, 0.5) is 10.6 Å². The Labute approximate surface area is 149 Å². The van der Waals surface area contributed by atoms with Crippen LogP contribution in [0.15, 0.2) is 22.9 Å². The Morgan fingerprint density at radius 3 is 3.00 bits per heavy atom. The highest BCUT2D eigenvalue weighted by Crippen LogP contribution is 2.20. The molecule has 8 heteroatoms. The lowest BCUT2D eigenvalue weighted by Gasteiger charge is -2.29. The molecular formula is C16H23BrN6O. The minimum atomic E-state index is -0.224. The van der Waals surface area contributed by atoms with Crippen LogP contribution in [0.2, 0.25) is 0 Å². The van der Waals surface area contributed by atoms with Gasteiger partial charge in [0.25, 0.3) is 0 Å². The van der Waals surface area contributed by atoms with Crippen LogP contribution in [0.25, 0.3) is 5.65 Å². The summed E-state index contributed by atoms with van der Waals surface area (Å²) >= 11 is 3.44. The lowest BCUT2D eigenvalue weighted by atomic mass is 10.1. The molecule has 3 heterocycles. The van der Waals surface area contributed by atoms with Crippen LogP contribution in [0.3, 0.4) is 0 Å². The zero-order valence-electron chi connectivity index (χ0n) is 14.2. The van der Waals surface area contributed by atoms with Crippen molar-refractivity contribution in [1.29, 1.82) is 0 Å². The zero-order chi connectivity index (χ0) is 17.3. The van der Waals surface area contributed by atoms with E-state index in [1.165, 1.54) is 0 Å². The van der Waals surface area contributed by atoms with Gasteiger partial charge in [0.1, 0.15) is 5.82 Å². The van der Waals surface area contributed by atoms with Gasteiger partial charge in [-0.2, -0.15) is 5.10 Å². The number of amides is 2. The van der Waals surface area contributed by atoms with Crippen molar-refractivity contribution in [1.82, 2.24) is 24.8 Å². The van der Waals surface area contributed by atoms with Gasteiger partial charge in [0.15, 0.2) is 5.65 Å². The molecule has 2 aromatic rings. The van der Waals surface area contributed by atoms with Gasteiger partial charge in [0.05, 0.1) is 16.7 Å². The molecule has 1 aliphatic heterocycles. The summed E-state index contributed by atoms with van der Waals surface area (Å²) in [7, 11) is 0. The molecule has 1 aliphatic rings. The molecule has 0 unspecified atom stereocenters. The van der Waals surface area contributed by atoms with Crippen LogP contribution in [0.1, 0.15) is 33.6 Å². The number of nitrogens with one attached hydrogen (secondary N) is 2. The molecule has 0 aliphatic carbocycles. The fraction of sp³-hybridized carbons (Fsp3) is 0.562. The first-order valence-electron chi connectivity index (χ1n) is 8.16. The van der Waals surface area contributed by atoms with Crippen molar-refractivity contribution in [2.24, 2.45) is 0 Å². The predicted molar refractivity (Wildman–Crippen MR) is 97.2 cm³/mol. The molecule has 0 saturated carbocycles. The second-order valence-corrected chi connectivity index (χ2v) is 7.98. The van der Waals surface area contributed by atoms with Gasteiger partial charge >= 0.3 is 6.03 Å². The number of nitrogens with zero attached hydrogens (tertiary/aromatic N) is 4. The van der Waals surface area contributed by atoms with Crippen LogP contribution in [0.5, 0.6) is 0 Å². The quantitative estimate of drug-likeness (QED) is 0.838. The van der Waals surface area contributed by atoms with Gasteiger partial charge in [-0.25, -0.2) is 14.3 Å². The molecule has 0 radical (unpaired) electrons. The van der Waals surface area contributed by atoms with E-state index in [1.54, 1.807) is 10.7 Å². The van der Waals surface area contributed by atoms with Gasteiger partial charge in [-0.05, 0) is 55.6 Å². The van der Waals surface area contributed by atoms with Gasteiger partial charge < -0.3 is 15.5 Å². The van der Waals surface area contributed by atoms with E-state index in [-0.39, 0.29) is 17.6 Å². The van der Waals surface area contributed by atoms with Crippen molar-refractivity contribution in [2.75, 3.05) is 18.4 Å². The normalized spacial score (nSPS) is 18.2. The lowest BCUT2D eigenvalue weighted by Crippen LogP contribution is -2.51. The summed E-state index contributed by atoms with van der Waals surface area (Å²) in [5.41, 5.74) is 0.548. The minimum Gasteiger partial charge on any atom is -0.368 e. The number of aromatic nitrogens is 3. The van der Waals surface area contributed by atoms with Crippen molar-refractivity contribution in [3.05, 3.63) is 22.9 Å². The smallest absolute Gasteiger partial charge is 0.318 e. The molecule has 1 atom stereocenters. The number of fused-ring (bicyclic) bond motifs is 1. The standard InChI is InChI=1S/C16H23BrN6O/c1-16(2,3)21-15(24)22-7-4-5-11(22)9-18-13-6-8-23-14(20-13)12(17)10-19-23/h6,8,10-11H,4-5,7,9H2,1-3H3,(H,18,20)(H,21,24)/t11-/m0/s1. The highest BCUT2D eigenvalue weighted by molar-refractivity contribution is 9.10. The molecule has 7 nitrogen and oxygen atoms in total. The number of urea groups is 1. The molecule has 2 aromatic heterocycles. The molecule has 3 rings (SSSR count). The molecule has 0 aromatic carbocycles. The second kappa shape index (κ2) is 6.58. The summed E-state index contributed by atoms with van der Waals surface area (Å²) < 4.78 is 2.58. The fourth-order valence-corrected chi connectivity index (χ4v) is 3.23. The summed E-state index contributed by atoms with van der Waals surface area (Å²) in [5.74, 6) is 0.784. The Balaban J connectivity index is 1.64. The average molecular weight is 395 g/mol. The summed E-state index contributed by atoms with van der Waals surface area (Å²) in [6, 6.07) is 2.08. The van der Waals surface area contributed by atoms with Crippen molar-refractivity contribution in [3.8, 4) is 0 Å². The maximum absolute atomic E-state index is 12.4. The largest absolute Gasteiger partial charge is 0.368 e. The van der Waals surface area contributed by atoms with Crippen molar-refractivity contribution in [2.45, 2.75) is 45.2 Å². The Hall–Kier alpha value is -1.83. The first kappa shape index (κ1) is 17.0. The number of hydrogen-bond acceptors (Lipinski definition) is 4. The number of anilines is 1. The fourth-order valence-electron chi connectivity index (χ4n) is 2.87. The van der Waals surface area contributed by atoms with E-state index in [1.807, 2.05) is 37.9 Å². The third-order valence-corrected chi connectivity index (χ3v) is 4.52. The van der Waals surface area contributed by atoms with E-state index in [0.717, 1.165) is 35.3 Å². The molecule has 24 heavy (non-hydrogen) atoms. The monoisotopic (exact) mass is 394 g/mol. The zero-order valence-corrected chi connectivity index (χ0v) is 15.8. The Morgan fingerprint density at radius 1 is 1.46 bits per heavy atom. The van der Waals surface area contributed by atoms with E-state index < -0.39 is 0 Å². The number of carbonyl (C=O) groups excluding carboxylic acids is 1. The van der Waals surface area contributed by atoms with Crippen LogP contribution >= 0.6 is 15.9 Å². The van der Waals surface area contributed by atoms with Crippen molar-refractivity contribution >= 4 is 33.4 Å². The maximum Gasteiger partial charge on any atom is 0.318 e. The third kappa shape index (κ3) is 3.80. The maximum atomic E-state index is 12.4. The van der Waals surface area contributed by atoms with Gasteiger partial charge in [-0.1, -0.05) is 0 Å². The molecular weight excluding hydrogens is 372 g/mol. The topological polar surface area (TPSA) is 74.6 Å². The van der Waals surface area contributed by atoms with Gasteiger partial charge in [0.2, 0.25) is 0 Å². The SMILES string of the molecule is CC(C)(C)NC(=O)N1CCC[C@H]1CNc1ccn2ncc(Br)c2n1. The third-order valence-electron chi connectivity index (χ3n) is 3.96. The lowest BCUT2D eigenvalue weighted by molar-refractivity contribution is 0.185. The molecule has 1 saturated heterocycles. The first-order chi connectivity index (χ1) is 11.3. The van der Waals surface area contributed by atoms with E-state index in [4.69, 9.17) is 0 Å². The van der Waals surface area contributed by atoms with E-state index in [9.17, 15) is 4.79 Å². The summed E-state index contributed by atoms with van der Waals surface area (Å²) in [4.78, 5) is 18.9. The van der Waals surface area contributed by atoms with Gasteiger partial charge in [-0.3, -0.25) is 0 Å².